The number of pyridine rings is 2. The van der Waals surface area contributed by atoms with Gasteiger partial charge in [-0.05, 0) is 36.2 Å². The molecule has 0 bridgehead atoms. The molecule has 4 rings (SSSR count). The molecule has 3 aromatic rings. The standard InChI is InChI=1S/C24H23N5O3S/c1-16(20-7-3-5-10-27-20)12-22(30)28-23-19(13-25)18-8-11-29(14-21(18)33-23)24(31)32-15-17-6-2-4-9-26-17/h2-7,9-10,16H,8,11-12,14-15H2,1H3,(H,28,30)/t16-/m0/s1. The van der Waals surface area contributed by atoms with Crippen molar-refractivity contribution in [3.63, 3.8) is 0 Å². The first kappa shape index (κ1) is 22.4. The quantitative estimate of drug-likeness (QED) is 0.588. The molecule has 9 heteroatoms. The number of thiophene rings is 1. The van der Waals surface area contributed by atoms with E-state index in [9.17, 15) is 14.9 Å². The van der Waals surface area contributed by atoms with Crippen LogP contribution in [0.1, 0.15) is 46.7 Å². The average molecular weight is 462 g/mol. The maximum absolute atomic E-state index is 12.6. The summed E-state index contributed by atoms with van der Waals surface area (Å²) in [7, 11) is 0. The predicted octanol–water partition coefficient (Wildman–Crippen LogP) is 4.24. The highest BCUT2D eigenvalue weighted by Crippen LogP contribution is 2.37. The van der Waals surface area contributed by atoms with Crippen LogP contribution in [0, 0.1) is 11.3 Å². The molecule has 168 valence electrons. The normalized spacial score (nSPS) is 13.5. The summed E-state index contributed by atoms with van der Waals surface area (Å²) >= 11 is 1.34. The van der Waals surface area contributed by atoms with Crippen molar-refractivity contribution in [2.75, 3.05) is 11.9 Å². The number of fused-ring (bicyclic) bond motifs is 1. The van der Waals surface area contributed by atoms with Gasteiger partial charge in [0.2, 0.25) is 5.91 Å². The van der Waals surface area contributed by atoms with Gasteiger partial charge in [-0.15, -0.1) is 11.3 Å². The number of hydrogen-bond acceptors (Lipinski definition) is 7. The van der Waals surface area contributed by atoms with Gasteiger partial charge in [-0.2, -0.15) is 5.26 Å². The smallest absolute Gasteiger partial charge is 0.410 e. The molecule has 2 amide bonds. The Balaban J connectivity index is 1.39. The van der Waals surface area contributed by atoms with Crippen molar-refractivity contribution in [2.45, 2.75) is 38.8 Å². The minimum atomic E-state index is -0.423. The zero-order chi connectivity index (χ0) is 23.2. The number of rotatable bonds is 6. The minimum absolute atomic E-state index is 0.0457. The third-order valence-corrected chi connectivity index (χ3v) is 6.57. The van der Waals surface area contributed by atoms with Crippen molar-refractivity contribution in [1.29, 1.82) is 5.26 Å². The lowest BCUT2D eigenvalue weighted by molar-refractivity contribution is -0.116. The van der Waals surface area contributed by atoms with Crippen LogP contribution in [0.2, 0.25) is 0 Å². The van der Waals surface area contributed by atoms with Crippen LogP contribution in [0.4, 0.5) is 9.80 Å². The average Bonchev–Trinajstić information content (AvgIpc) is 3.19. The van der Waals surface area contributed by atoms with E-state index in [-0.39, 0.29) is 24.9 Å². The molecule has 1 aliphatic heterocycles. The van der Waals surface area contributed by atoms with E-state index in [1.165, 1.54) is 11.3 Å². The topological polar surface area (TPSA) is 108 Å². The lowest BCUT2D eigenvalue weighted by Crippen LogP contribution is -2.35. The number of nitrogens with one attached hydrogen (secondary N) is 1. The fraction of sp³-hybridized carbons (Fsp3) is 0.292. The molecular formula is C24H23N5O3S. The van der Waals surface area contributed by atoms with E-state index in [1.54, 1.807) is 29.4 Å². The maximum atomic E-state index is 12.6. The van der Waals surface area contributed by atoms with Crippen molar-refractivity contribution in [3.8, 4) is 6.07 Å². The molecular weight excluding hydrogens is 438 g/mol. The van der Waals surface area contributed by atoms with Gasteiger partial charge in [0.15, 0.2) is 0 Å². The number of nitriles is 1. The van der Waals surface area contributed by atoms with Gasteiger partial charge in [0.1, 0.15) is 17.7 Å². The lowest BCUT2D eigenvalue weighted by Gasteiger charge is -2.26. The van der Waals surface area contributed by atoms with Gasteiger partial charge in [-0.1, -0.05) is 19.1 Å². The van der Waals surface area contributed by atoms with Gasteiger partial charge in [-0.25, -0.2) is 4.79 Å². The third-order valence-electron chi connectivity index (χ3n) is 5.43. The molecule has 4 heterocycles. The Morgan fingerprint density at radius 2 is 2.03 bits per heavy atom. The molecule has 0 unspecified atom stereocenters. The molecule has 0 saturated carbocycles. The van der Waals surface area contributed by atoms with Crippen LogP contribution in [0.25, 0.3) is 0 Å². The Kier molecular flexibility index (Phi) is 6.95. The maximum Gasteiger partial charge on any atom is 0.410 e. The van der Waals surface area contributed by atoms with Crippen molar-refractivity contribution in [2.24, 2.45) is 0 Å². The Labute approximate surface area is 195 Å². The second-order valence-corrected chi connectivity index (χ2v) is 8.88. The van der Waals surface area contributed by atoms with Crippen molar-refractivity contribution in [3.05, 3.63) is 76.2 Å². The molecule has 0 fully saturated rings. The van der Waals surface area contributed by atoms with E-state index >= 15 is 0 Å². The number of carbonyl (C=O) groups excluding carboxylic acids is 2. The van der Waals surface area contributed by atoms with Crippen LogP contribution in [0.3, 0.4) is 0 Å². The minimum Gasteiger partial charge on any atom is -0.443 e. The SMILES string of the molecule is C[C@@H](CC(=O)Nc1sc2c(c1C#N)CCN(C(=O)OCc1ccccn1)C2)c1ccccn1. The van der Waals surface area contributed by atoms with E-state index in [2.05, 4.69) is 21.4 Å². The number of aromatic nitrogens is 2. The highest BCUT2D eigenvalue weighted by Gasteiger charge is 2.28. The van der Waals surface area contributed by atoms with Gasteiger partial charge >= 0.3 is 6.09 Å². The Morgan fingerprint density at radius 1 is 1.24 bits per heavy atom. The zero-order valence-corrected chi connectivity index (χ0v) is 19.0. The van der Waals surface area contributed by atoms with Gasteiger partial charge in [0.25, 0.3) is 0 Å². The largest absolute Gasteiger partial charge is 0.443 e. The molecule has 0 aliphatic carbocycles. The Hall–Kier alpha value is -3.77. The van der Waals surface area contributed by atoms with E-state index < -0.39 is 6.09 Å². The summed E-state index contributed by atoms with van der Waals surface area (Å²) in [4.78, 5) is 36.1. The summed E-state index contributed by atoms with van der Waals surface area (Å²) in [5.41, 5.74) is 2.90. The van der Waals surface area contributed by atoms with Crippen molar-refractivity contribution in [1.82, 2.24) is 14.9 Å². The van der Waals surface area contributed by atoms with Crippen LogP contribution >= 0.6 is 11.3 Å². The summed E-state index contributed by atoms with van der Waals surface area (Å²) in [6.45, 7) is 2.84. The highest BCUT2D eigenvalue weighted by molar-refractivity contribution is 7.16. The van der Waals surface area contributed by atoms with E-state index in [1.807, 2.05) is 31.2 Å². The van der Waals surface area contributed by atoms with Gasteiger partial charge in [0, 0.05) is 41.8 Å². The molecule has 33 heavy (non-hydrogen) atoms. The second-order valence-electron chi connectivity index (χ2n) is 7.77. The van der Waals surface area contributed by atoms with Crippen LogP contribution in [0.5, 0.6) is 0 Å². The molecule has 0 aromatic carbocycles. The Morgan fingerprint density at radius 3 is 2.73 bits per heavy atom. The fourth-order valence-electron chi connectivity index (χ4n) is 3.70. The lowest BCUT2D eigenvalue weighted by atomic mass is 10.0. The summed E-state index contributed by atoms with van der Waals surface area (Å²) < 4.78 is 5.38. The van der Waals surface area contributed by atoms with Crippen molar-refractivity contribution < 1.29 is 14.3 Å². The molecule has 3 aromatic heterocycles. The van der Waals surface area contributed by atoms with E-state index in [4.69, 9.17) is 4.74 Å². The van der Waals surface area contributed by atoms with Gasteiger partial charge < -0.3 is 15.0 Å². The Bertz CT molecular complexity index is 1170. The second kappa shape index (κ2) is 10.2. The number of hydrogen-bond donors (Lipinski definition) is 1. The number of nitrogens with zero attached hydrogens (tertiary/aromatic N) is 4. The molecule has 0 saturated heterocycles. The number of amides is 2. The van der Waals surface area contributed by atoms with Gasteiger partial charge in [-0.3, -0.25) is 14.8 Å². The first-order chi connectivity index (χ1) is 16.0. The first-order valence-electron chi connectivity index (χ1n) is 10.6. The number of anilines is 1. The fourth-order valence-corrected chi connectivity index (χ4v) is 4.93. The summed E-state index contributed by atoms with van der Waals surface area (Å²) in [5.74, 6) is -0.217. The van der Waals surface area contributed by atoms with Crippen molar-refractivity contribution >= 4 is 28.3 Å². The molecule has 1 aliphatic rings. The summed E-state index contributed by atoms with van der Waals surface area (Å²) in [5, 5.41) is 13.1. The van der Waals surface area contributed by atoms with E-state index in [0.29, 0.717) is 35.8 Å². The van der Waals surface area contributed by atoms with Gasteiger partial charge in [0.05, 0.1) is 17.8 Å². The van der Waals surface area contributed by atoms with E-state index in [0.717, 1.165) is 16.1 Å². The molecule has 0 spiro atoms. The first-order valence-corrected chi connectivity index (χ1v) is 11.4. The monoisotopic (exact) mass is 461 g/mol. The number of ether oxygens (including phenoxy) is 1. The molecule has 8 nitrogen and oxygen atoms in total. The van der Waals surface area contributed by atoms with Crippen LogP contribution < -0.4 is 5.32 Å². The summed E-state index contributed by atoms with van der Waals surface area (Å²) in [6, 6.07) is 13.3. The molecule has 1 N–H and O–H groups in total. The third kappa shape index (κ3) is 5.35. The van der Waals surface area contributed by atoms with Crippen LogP contribution in [-0.4, -0.2) is 33.4 Å². The summed E-state index contributed by atoms with van der Waals surface area (Å²) in [6.07, 6.45) is 3.73. The zero-order valence-electron chi connectivity index (χ0n) is 18.2. The van der Waals surface area contributed by atoms with Crippen LogP contribution in [0.15, 0.2) is 48.8 Å². The predicted molar refractivity (Wildman–Crippen MR) is 123 cm³/mol. The molecule has 0 radical (unpaired) electrons. The van der Waals surface area contributed by atoms with Crippen LogP contribution in [-0.2, 0) is 29.1 Å². The molecule has 1 atom stereocenters. The number of carbonyl (C=O) groups is 2. The highest BCUT2D eigenvalue weighted by atomic mass is 32.1.